The molecular formula is C18H24N4O. The summed E-state index contributed by atoms with van der Waals surface area (Å²) in [5.74, 6) is 1.13. The molecule has 0 aromatic carbocycles. The molecule has 5 nitrogen and oxygen atoms in total. The molecule has 0 amide bonds. The molecule has 0 atom stereocenters. The highest BCUT2D eigenvalue weighted by molar-refractivity contribution is 5.78. The first kappa shape index (κ1) is 17.0. The highest BCUT2D eigenvalue weighted by Gasteiger charge is 2.24. The number of aryl methyl sites for hydroxylation is 1. The SMILES string of the molecule is CCCCc1c(-c2c(CC)ncc(N)c2C#N)noc1C(C)C. The number of pyridine rings is 1. The van der Waals surface area contributed by atoms with E-state index < -0.39 is 0 Å². The van der Waals surface area contributed by atoms with Crippen molar-refractivity contribution in [3.63, 3.8) is 0 Å². The summed E-state index contributed by atoms with van der Waals surface area (Å²) >= 11 is 0. The zero-order valence-corrected chi connectivity index (χ0v) is 14.3. The molecule has 2 heterocycles. The van der Waals surface area contributed by atoms with Crippen LogP contribution >= 0.6 is 0 Å². The van der Waals surface area contributed by atoms with Gasteiger partial charge in [0.05, 0.1) is 23.1 Å². The van der Waals surface area contributed by atoms with Crippen molar-refractivity contribution in [2.45, 2.75) is 59.3 Å². The average molecular weight is 312 g/mol. The van der Waals surface area contributed by atoms with Crippen LogP contribution in [0.5, 0.6) is 0 Å². The van der Waals surface area contributed by atoms with E-state index in [0.717, 1.165) is 47.5 Å². The van der Waals surface area contributed by atoms with Gasteiger partial charge in [0.2, 0.25) is 0 Å². The van der Waals surface area contributed by atoms with Crippen molar-refractivity contribution < 1.29 is 4.52 Å². The van der Waals surface area contributed by atoms with Gasteiger partial charge in [-0.2, -0.15) is 5.26 Å². The van der Waals surface area contributed by atoms with E-state index in [1.165, 1.54) is 0 Å². The van der Waals surface area contributed by atoms with Crippen LogP contribution < -0.4 is 5.73 Å². The molecule has 2 rings (SSSR count). The maximum atomic E-state index is 9.55. The zero-order valence-electron chi connectivity index (χ0n) is 14.3. The number of nitrogens with zero attached hydrogens (tertiary/aromatic N) is 3. The molecule has 2 N–H and O–H groups in total. The molecule has 0 aliphatic rings. The molecule has 0 spiro atoms. The van der Waals surface area contributed by atoms with Crippen molar-refractivity contribution >= 4 is 5.69 Å². The van der Waals surface area contributed by atoms with Gasteiger partial charge in [0.1, 0.15) is 17.5 Å². The Labute approximate surface area is 137 Å². The Morgan fingerprint density at radius 2 is 2.09 bits per heavy atom. The Balaban J connectivity index is 2.72. The van der Waals surface area contributed by atoms with Gasteiger partial charge in [-0.3, -0.25) is 4.98 Å². The van der Waals surface area contributed by atoms with E-state index in [9.17, 15) is 5.26 Å². The zero-order chi connectivity index (χ0) is 17.0. The average Bonchev–Trinajstić information content (AvgIpc) is 2.96. The summed E-state index contributed by atoms with van der Waals surface area (Å²) in [6.07, 6.45) is 5.28. The van der Waals surface area contributed by atoms with Crippen LogP contribution in [0.3, 0.4) is 0 Å². The Hall–Kier alpha value is -2.35. The van der Waals surface area contributed by atoms with E-state index in [-0.39, 0.29) is 5.92 Å². The quantitative estimate of drug-likeness (QED) is 0.862. The van der Waals surface area contributed by atoms with Gasteiger partial charge in [0.25, 0.3) is 0 Å². The van der Waals surface area contributed by atoms with Crippen molar-refractivity contribution in [2.75, 3.05) is 5.73 Å². The van der Waals surface area contributed by atoms with Gasteiger partial charge in [0, 0.05) is 17.0 Å². The van der Waals surface area contributed by atoms with Crippen LogP contribution in [-0.2, 0) is 12.8 Å². The summed E-state index contributed by atoms with van der Waals surface area (Å²) in [5.41, 5.74) is 10.2. The first-order valence-corrected chi connectivity index (χ1v) is 8.21. The van der Waals surface area contributed by atoms with Crippen molar-refractivity contribution in [3.05, 3.63) is 28.8 Å². The molecule has 5 heteroatoms. The molecule has 0 aliphatic heterocycles. The summed E-state index contributed by atoms with van der Waals surface area (Å²) < 4.78 is 5.62. The molecule has 23 heavy (non-hydrogen) atoms. The number of nitrogens with two attached hydrogens (primary N) is 1. The number of nitrogen functional groups attached to an aromatic ring is 1. The number of anilines is 1. The molecule has 2 aromatic rings. The fourth-order valence-corrected chi connectivity index (χ4v) is 2.78. The predicted molar refractivity (Wildman–Crippen MR) is 90.9 cm³/mol. The highest BCUT2D eigenvalue weighted by Crippen LogP contribution is 2.36. The fourth-order valence-electron chi connectivity index (χ4n) is 2.78. The van der Waals surface area contributed by atoms with Crippen molar-refractivity contribution in [3.8, 4) is 17.3 Å². The van der Waals surface area contributed by atoms with Crippen LogP contribution in [0.25, 0.3) is 11.3 Å². The van der Waals surface area contributed by atoms with Crippen LogP contribution in [0, 0.1) is 11.3 Å². The standard InChI is InChI=1S/C18H24N4O/c1-5-7-8-12-17(22-23-18(12)11(3)4)16-13(9-19)14(20)10-21-15(16)6-2/h10-11H,5-8,20H2,1-4H3. The van der Waals surface area contributed by atoms with Crippen molar-refractivity contribution in [2.24, 2.45) is 0 Å². The molecule has 0 bridgehead atoms. The largest absolute Gasteiger partial charge is 0.396 e. The first-order valence-electron chi connectivity index (χ1n) is 8.21. The lowest BCUT2D eigenvalue weighted by atomic mass is 9.93. The van der Waals surface area contributed by atoms with E-state index >= 15 is 0 Å². The number of aromatic nitrogens is 2. The van der Waals surface area contributed by atoms with Gasteiger partial charge in [-0.15, -0.1) is 0 Å². The lowest BCUT2D eigenvalue weighted by Crippen LogP contribution is -2.03. The maximum Gasteiger partial charge on any atom is 0.143 e. The van der Waals surface area contributed by atoms with Gasteiger partial charge in [-0.1, -0.05) is 39.3 Å². The second-order valence-electron chi connectivity index (χ2n) is 6.01. The molecule has 0 unspecified atom stereocenters. The van der Waals surface area contributed by atoms with E-state index in [2.05, 4.69) is 37.0 Å². The number of hydrogen-bond acceptors (Lipinski definition) is 5. The van der Waals surface area contributed by atoms with Gasteiger partial charge < -0.3 is 10.3 Å². The lowest BCUT2D eigenvalue weighted by molar-refractivity contribution is 0.370. The van der Waals surface area contributed by atoms with E-state index in [4.69, 9.17) is 10.3 Å². The minimum absolute atomic E-state index is 0.243. The monoisotopic (exact) mass is 312 g/mol. The highest BCUT2D eigenvalue weighted by atomic mass is 16.5. The smallest absolute Gasteiger partial charge is 0.143 e. The minimum atomic E-state index is 0.243. The number of hydrogen-bond donors (Lipinski definition) is 1. The maximum absolute atomic E-state index is 9.55. The van der Waals surface area contributed by atoms with Gasteiger partial charge in [-0.25, -0.2) is 0 Å². The third-order valence-electron chi connectivity index (χ3n) is 3.99. The molecule has 0 saturated carbocycles. The van der Waals surface area contributed by atoms with E-state index in [1.54, 1.807) is 6.20 Å². The van der Waals surface area contributed by atoms with Gasteiger partial charge in [-0.05, 0) is 19.3 Å². The van der Waals surface area contributed by atoms with E-state index in [0.29, 0.717) is 17.7 Å². The first-order chi connectivity index (χ1) is 11.0. The normalized spacial score (nSPS) is 11.0. The Bertz CT molecular complexity index is 725. The summed E-state index contributed by atoms with van der Waals surface area (Å²) in [6.45, 7) is 8.34. The van der Waals surface area contributed by atoms with Crippen LogP contribution in [0.4, 0.5) is 5.69 Å². The second-order valence-corrected chi connectivity index (χ2v) is 6.01. The predicted octanol–water partition coefficient (Wildman–Crippen LogP) is 4.22. The molecule has 0 aliphatic carbocycles. The number of unbranched alkanes of at least 4 members (excludes halogenated alkanes) is 1. The third kappa shape index (κ3) is 3.21. The molecule has 0 fully saturated rings. The second kappa shape index (κ2) is 7.28. The Kier molecular flexibility index (Phi) is 5.38. The summed E-state index contributed by atoms with van der Waals surface area (Å²) in [6, 6.07) is 2.21. The molecular weight excluding hydrogens is 288 g/mol. The molecule has 122 valence electrons. The fraction of sp³-hybridized carbons (Fsp3) is 0.500. The summed E-state index contributed by atoms with van der Waals surface area (Å²) in [7, 11) is 0. The van der Waals surface area contributed by atoms with Crippen LogP contribution in [0.1, 0.15) is 69.0 Å². The Morgan fingerprint density at radius 1 is 1.35 bits per heavy atom. The molecule has 2 aromatic heterocycles. The van der Waals surface area contributed by atoms with Crippen molar-refractivity contribution in [1.29, 1.82) is 5.26 Å². The lowest BCUT2D eigenvalue weighted by Gasteiger charge is -2.11. The van der Waals surface area contributed by atoms with Crippen LogP contribution in [0.15, 0.2) is 10.7 Å². The van der Waals surface area contributed by atoms with Crippen LogP contribution in [-0.4, -0.2) is 10.1 Å². The van der Waals surface area contributed by atoms with Crippen LogP contribution in [0.2, 0.25) is 0 Å². The summed E-state index contributed by atoms with van der Waals surface area (Å²) in [4.78, 5) is 4.40. The Morgan fingerprint density at radius 3 is 2.65 bits per heavy atom. The minimum Gasteiger partial charge on any atom is -0.396 e. The number of rotatable bonds is 6. The van der Waals surface area contributed by atoms with E-state index in [1.807, 2.05) is 6.92 Å². The topological polar surface area (TPSA) is 88.7 Å². The number of nitriles is 1. The van der Waals surface area contributed by atoms with Gasteiger partial charge >= 0.3 is 0 Å². The molecule has 0 saturated heterocycles. The van der Waals surface area contributed by atoms with Gasteiger partial charge in [0.15, 0.2) is 0 Å². The third-order valence-corrected chi connectivity index (χ3v) is 3.99. The summed E-state index contributed by atoms with van der Waals surface area (Å²) in [5, 5.41) is 13.8. The van der Waals surface area contributed by atoms with Crippen molar-refractivity contribution in [1.82, 2.24) is 10.1 Å². The molecule has 0 radical (unpaired) electrons.